The summed E-state index contributed by atoms with van der Waals surface area (Å²) < 4.78 is 33.5. The normalized spacial score (nSPS) is 16.8. The minimum Gasteiger partial charge on any atom is -0.394 e. The fourth-order valence-corrected chi connectivity index (χ4v) is 5.21. The van der Waals surface area contributed by atoms with Gasteiger partial charge in [-0.1, -0.05) is 38.1 Å². The number of amides is 1. The molecule has 0 fully saturated rings. The van der Waals surface area contributed by atoms with Gasteiger partial charge in [0.1, 0.15) is 5.71 Å². The molecule has 0 spiro atoms. The van der Waals surface area contributed by atoms with Crippen molar-refractivity contribution in [2.75, 3.05) is 0 Å². The Bertz CT molecular complexity index is 1220. The second-order valence-electron chi connectivity index (χ2n) is 9.61. The fraction of sp³-hybridized carbons (Fsp3) is 0.385. The number of carbonyl (C=O) groups is 1. The van der Waals surface area contributed by atoms with E-state index < -0.39 is 6.97 Å². The number of hydrogen-bond donors (Lipinski definition) is 1. The number of fused-ring (bicyclic) bond motifs is 2. The standard InChI is InChI=1S/C26H32BF2N3O/c1-16(2)22-9-7-21(8-10-22)15-30-24(33)12-11-23-25-17(3)13-19(5)31(25)27(28,29)32-20(6)14-18(4)26(23)32/h7-10,13-14,16H,11-12,15H2,1-6H3,(H,30,33). The number of benzene rings is 1. The SMILES string of the molecule is CC1=CC(C)=[N+]2C1=C(CCC(=O)NCc1ccc(C(C)C)cc1)c1c(C)cc(C)n1[B-]2(F)F. The van der Waals surface area contributed by atoms with Gasteiger partial charge in [-0.2, -0.15) is 0 Å². The number of nitrogens with one attached hydrogen (secondary N) is 1. The first-order valence-electron chi connectivity index (χ1n) is 11.6. The van der Waals surface area contributed by atoms with Gasteiger partial charge in [0.15, 0.2) is 5.70 Å². The Labute approximate surface area is 194 Å². The van der Waals surface area contributed by atoms with E-state index in [0.717, 1.165) is 22.3 Å². The topological polar surface area (TPSA) is 37.0 Å². The van der Waals surface area contributed by atoms with Crippen molar-refractivity contribution < 1.29 is 17.9 Å². The lowest BCUT2D eigenvalue weighted by Gasteiger charge is -2.34. The van der Waals surface area contributed by atoms with Crippen molar-refractivity contribution in [1.29, 1.82) is 0 Å². The summed E-state index contributed by atoms with van der Waals surface area (Å²) >= 11 is 0. The van der Waals surface area contributed by atoms with E-state index in [0.29, 0.717) is 41.7 Å². The van der Waals surface area contributed by atoms with Gasteiger partial charge >= 0.3 is 6.97 Å². The zero-order chi connectivity index (χ0) is 24.1. The molecular formula is C26H32BF2N3O. The van der Waals surface area contributed by atoms with Crippen LogP contribution < -0.4 is 5.32 Å². The van der Waals surface area contributed by atoms with Gasteiger partial charge in [-0.25, -0.2) is 0 Å². The Hall–Kier alpha value is -2.96. The second-order valence-corrected chi connectivity index (χ2v) is 9.61. The van der Waals surface area contributed by atoms with E-state index in [1.54, 1.807) is 13.8 Å². The first-order chi connectivity index (χ1) is 15.5. The molecule has 0 aliphatic carbocycles. The van der Waals surface area contributed by atoms with Crippen LogP contribution in [0.25, 0.3) is 5.57 Å². The van der Waals surface area contributed by atoms with Gasteiger partial charge in [-0.3, -0.25) is 4.79 Å². The first kappa shape index (κ1) is 23.2. The maximum atomic E-state index is 15.6. The van der Waals surface area contributed by atoms with E-state index in [-0.39, 0.29) is 12.3 Å². The molecule has 1 amide bonds. The number of carbonyl (C=O) groups excluding carboxylic acids is 1. The van der Waals surface area contributed by atoms with Crippen LogP contribution in [0.2, 0.25) is 0 Å². The van der Waals surface area contributed by atoms with Crippen LogP contribution in [-0.4, -0.2) is 27.6 Å². The molecule has 1 aromatic heterocycles. The van der Waals surface area contributed by atoms with Crippen LogP contribution in [0, 0.1) is 13.8 Å². The van der Waals surface area contributed by atoms with E-state index in [2.05, 4.69) is 31.3 Å². The van der Waals surface area contributed by atoms with Crippen molar-refractivity contribution >= 4 is 24.2 Å². The van der Waals surface area contributed by atoms with Crippen LogP contribution in [0.5, 0.6) is 0 Å². The second kappa shape index (κ2) is 8.43. The largest absolute Gasteiger partial charge is 0.737 e. The van der Waals surface area contributed by atoms with E-state index in [1.165, 1.54) is 14.5 Å². The minimum absolute atomic E-state index is 0.0850. The monoisotopic (exact) mass is 451 g/mol. The van der Waals surface area contributed by atoms with Gasteiger partial charge in [0.05, 0.1) is 0 Å². The molecular weight excluding hydrogens is 419 g/mol. The summed E-state index contributed by atoms with van der Waals surface area (Å²) in [6.45, 7) is 7.95. The Morgan fingerprint density at radius 2 is 1.79 bits per heavy atom. The lowest BCUT2D eigenvalue weighted by Crippen LogP contribution is -2.51. The van der Waals surface area contributed by atoms with Gasteiger partial charge in [0, 0.05) is 42.8 Å². The molecule has 0 bridgehead atoms. The molecule has 1 aromatic carbocycles. The van der Waals surface area contributed by atoms with Crippen LogP contribution in [0.3, 0.4) is 0 Å². The lowest BCUT2D eigenvalue weighted by atomic mass is 9.84. The molecule has 0 atom stereocenters. The first-order valence-corrected chi connectivity index (χ1v) is 11.6. The number of halogens is 2. The molecule has 4 nitrogen and oxygen atoms in total. The lowest BCUT2D eigenvalue weighted by molar-refractivity contribution is -0.363. The van der Waals surface area contributed by atoms with Crippen molar-refractivity contribution in [3.8, 4) is 0 Å². The number of aromatic nitrogens is 1. The third kappa shape index (κ3) is 3.98. The molecule has 4 rings (SSSR count). The number of nitrogens with zero attached hydrogens (tertiary/aromatic N) is 2. The van der Waals surface area contributed by atoms with Crippen LogP contribution >= 0.6 is 0 Å². The fourth-order valence-electron chi connectivity index (χ4n) is 5.21. The van der Waals surface area contributed by atoms with Crippen LogP contribution in [0.4, 0.5) is 8.63 Å². The summed E-state index contributed by atoms with van der Waals surface area (Å²) in [6.07, 6.45) is 2.45. The van der Waals surface area contributed by atoms with Gasteiger partial charge in [0.25, 0.3) is 0 Å². The van der Waals surface area contributed by atoms with Gasteiger partial charge in [-0.15, -0.1) is 0 Å². The molecule has 2 aliphatic rings. The molecule has 7 heteroatoms. The van der Waals surface area contributed by atoms with E-state index >= 15 is 8.63 Å². The number of aryl methyl sites for hydroxylation is 2. The van der Waals surface area contributed by atoms with E-state index in [1.807, 2.05) is 38.1 Å². The van der Waals surface area contributed by atoms with Crippen molar-refractivity contribution in [3.63, 3.8) is 0 Å². The highest BCUT2D eigenvalue weighted by Crippen LogP contribution is 2.43. The van der Waals surface area contributed by atoms with Gasteiger partial charge in [0.2, 0.25) is 5.91 Å². The molecule has 2 aliphatic heterocycles. The highest BCUT2D eigenvalue weighted by molar-refractivity contribution is 6.58. The quantitative estimate of drug-likeness (QED) is 0.562. The van der Waals surface area contributed by atoms with Crippen molar-refractivity contribution in [2.24, 2.45) is 0 Å². The molecule has 0 radical (unpaired) electrons. The molecule has 174 valence electrons. The molecule has 2 aromatic rings. The molecule has 3 heterocycles. The molecule has 1 N–H and O–H groups in total. The summed E-state index contributed by atoms with van der Waals surface area (Å²) in [5, 5.41) is 2.98. The van der Waals surface area contributed by atoms with Gasteiger partial charge in [-0.05, 0) is 61.6 Å². The zero-order valence-corrected chi connectivity index (χ0v) is 20.3. The molecule has 0 unspecified atom stereocenters. The summed E-state index contributed by atoms with van der Waals surface area (Å²) in [6, 6.07) is 10.1. The number of allylic oxidation sites excluding steroid dienone is 3. The number of hydrogen-bond acceptors (Lipinski definition) is 1. The molecule has 33 heavy (non-hydrogen) atoms. The zero-order valence-electron chi connectivity index (χ0n) is 20.3. The Morgan fingerprint density at radius 3 is 2.42 bits per heavy atom. The maximum absolute atomic E-state index is 15.6. The Morgan fingerprint density at radius 1 is 1.12 bits per heavy atom. The summed E-state index contributed by atoms with van der Waals surface area (Å²) in [5.41, 5.74) is 6.95. The highest BCUT2D eigenvalue weighted by atomic mass is 19.2. The van der Waals surface area contributed by atoms with Crippen LogP contribution in [-0.2, 0) is 11.3 Å². The maximum Gasteiger partial charge on any atom is 0.737 e. The third-order valence-corrected chi connectivity index (χ3v) is 6.77. The van der Waals surface area contributed by atoms with Crippen LogP contribution in [0.15, 0.2) is 47.7 Å². The van der Waals surface area contributed by atoms with Crippen LogP contribution in [0.1, 0.15) is 74.5 Å². The third-order valence-electron chi connectivity index (χ3n) is 6.77. The Balaban J connectivity index is 1.56. The summed E-state index contributed by atoms with van der Waals surface area (Å²) in [4.78, 5) is 12.7. The average molecular weight is 451 g/mol. The average Bonchev–Trinajstić information content (AvgIpc) is 3.22. The molecule has 0 saturated carbocycles. The minimum atomic E-state index is -3.97. The van der Waals surface area contributed by atoms with Gasteiger partial charge < -0.3 is 22.9 Å². The number of rotatable bonds is 6. The molecule has 0 saturated heterocycles. The van der Waals surface area contributed by atoms with Crippen molar-refractivity contribution in [3.05, 3.63) is 75.8 Å². The predicted octanol–water partition coefficient (Wildman–Crippen LogP) is 5.71. The smallest absolute Gasteiger partial charge is 0.394 e. The highest BCUT2D eigenvalue weighted by Gasteiger charge is 2.54. The Kier molecular flexibility index (Phi) is 5.93. The summed E-state index contributed by atoms with van der Waals surface area (Å²) in [7, 11) is 0. The van der Waals surface area contributed by atoms with E-state index in [9.17, 15) is 4.79 Å². The van der Waals surface area contributed by atoms with Crippen molar-refractivity contribution in [1.82, 2.24) is 9.79 Å². The summed E-state index contributed by atoms with van der Waals surface area (Å²) in [5.74, 6) is 0.380. The van der Waals surface area contributed by atoms with E-state index in [4.69, 9.17) is 0 Å². The van der Waals surface area contributed by atoms with Crippen molar-refractivity contribution in [2.45, 2.75) is 66.8 Å². The predicted molar refractivity (Wildman–Crippen MR) is 131 cm³/mol.